The summed E-state index contributed by atoms with van der Waals surface area (Å²) in [5, 5.41) is 22.5. The molecule has 0 aromatic carbocycles. The third-order valence-electron chi connectivity index (χ3n) is 1.98. The molecule has 0 spiro atoms. The summed E-state index contributed by atoms with van der Waals surface area (Å²) in [7, 11) is 0. The van der Waals surface area contributed by atoms with Gasteiger partial charge >= 0.3 is 5.95 Å². The molecular weight excluding hydrogens is 200 g/mol. The molecule has 1 aromatic heterocycles. The molecule has 0 radical (unpaired) electrons. The van der Waals surface area contributed by atoms with Gasteiger partial charge in [-0.25, -0.2) is 0 Å². The van der Waals surface area contributed by atoms with Crippen LogP contribution in [0.15, 0.2) is 6.33 Å². The third-order valence-corrected chi connectivity index (χ3v) is 1.98. The van der Waals surface area contributed by atoms with Gasteiger partial charge in [0.25, 0.3) is 0 Å². The third kappa shape index (κ3) is 4.03. The van der Waals surface area contributed by atoms with Gasteiger partial charge in [0.2, 0.25) is 6.33 Å². The van der Waals surface area contributed by atoms with Gasteiger partial charge in [0, 0.05) is 11.7 Å². The Kier molecular flexibility index (Phi) is 4.69. The van der Waals surface area contributed by atoms with Crippen molar-refractivity contribution in [3.8, 4) is 0 Å². The van der Waals surface area contributed by atoms with Gasteiger partial charge in [0.05, 0.1) is 6.54 Å². The van der Waals surface area contributed by atoms with Crippen molar-refractivity contribution in [2.45, 2.75) is 32.2 Å². The molecule has 0 aliphatic carbocycles. The minimum Gasteiger partial charge on any atom is -0.396 e. The second kappa shape index (κ2) is 6.07. The highest BCUT2D eigenvalue weighted by molar-refractivity contribution is 4.96. The van der Waals surface area contributed by atoms with Gasteiger partial charge in [-0.1, -0.05) is 17.8 Å². The van der Waals surface area contributed by atoms with Gasteiger partial charge in [-0.3, -0.25) is 0 Å². The molecule has 0 saturated heterocycles. The molecule has 1 heterocycles. The van der Waals surface area contributed by atoms with Gasteiger partial charge in [-0.05, 0) is 17.8 Å². The summed E-state index contributed by atoms with van der Waals surface area (Å²) in [6, 6.07) is 0. The molecule has 0 amide bonds. The lowest BCUT2D eigenvalue weighted by atomic mass is 10.2. The standard InChI is InChI=1S/C8H14N4O3/c13-6-4-2-1-3-5-11-7-9-8(10-11)12(14)15/h7,13H,1-6H2. The minimum absolute atomic E-state index is 0.217. The number of aryl methyl sites for hydroxylation is 1. The van der Waals surface area contributed by atoms with E-state index in [0.29, 0.717) is 6.54 Å². The first-order valence-corrected chi connectivity index (χ1v) is 4.88. The first kappa shape index (κ1) is 11.6. The van der Waals surface area contributed by atoms with Crippen LogP contribution in [0.4, 0.5) is 5.95 Å². The van der Waals surface area contributed by atoms with Crippen LogP contribution in [0, 0.1) is 10.1 Å². The number of aromatic nitrogens is 3. The maximum atomic E-state index is 10.3. The number of nitro groups is 1. The molecule has 15 heavy (non-hydrogen) atoms. The van der Waals surface area contributed by atoms with E-state index in [4.69, 9.17) is 5.11 Å². The number of hydrogen-bond donors (Lipinski definition) is 1. The first-order chi connectivity index (χ1) is 7.24. The normalized spacial score (nSPS) is 10.5. The summed E-state index contributed by atoms with van der Waals surface area (Å²) in [5.74, 6) is -0.356. The highest BCUT2D eigenvalue weighted by Gasteiger charge is 2.11. The van der Waals surface area contributed by atoms with Crippen LogP contribution in [0.2, 0.25) is 0 Å². The fraction of sp³-hybridized carbons (Fsp3) is 0.750. The van der Waals surface area contributed by atoms with Crippen LogP contribution in [0.1, 0.15) is 25.7 Å². The molecule has 0 atom stereocenters. The average Bonchev–Trinajstić information content (AvgIpc) is 2.66. The number of unbranched alkanes of at least 4 members (excludes halogenated alkanes) is 3. The molecule has 0 saturated carbocycles. The zero-order valence-corrected chi connectivity index (χ0v) is 8.37. The van der Waals surface area contributed by atoms with Crippen molar-refractivity contribution in [1.29, 1.82) is 0 Å². The summed E-state index contributed by atoms with van der Waals surface area (Å²) in [5.41, 5.74) is 0. The second-order valence-electron chi connectivity index (χ2n) is 3.20. The van der Waals surface area contributed by atoms with Crippen LogP contribution in [0.5, 0.6) is 0 Å². The maximum Gasteiger partial charge on any atom is 0.490 e. The summed E-state index contributed by atoms with van der Waals surface area (Å²) >= 11 is 0. The minimum atomic E-state index is -0.609. The molecular formula is C8H14N4O3. The molecule has 0 fully saturated rings. The van der Waals surface area contributed by atoms with Crippen molar-refractivity contribution in [2.24, 2.45) is 0 Å². The molecule has 1 aromatic rings. The van der Waals surface area contributed by atoms with E-state index in [9.17, 15) is 10.1 Å². The quantitative estimate of drug-likeness (QED) is 0.410. The Bertz CT molecular complexity index is 313. The van der Waals surface area contributed by atoms with Crippen LogP contribution in [-0.4, -0.2) is 31.4 Å². The van der Waals surface area contributed by atoms with Crippen molar-refractivity contribution >= 4 is 5.95 Å². The Hall–Kier alpha value is -1.50. The molecule has 7 nitrogen and oxygen atoms in total. The smallest absolute Gasteiger partial charge is 0.396 e. The van der Waals surface area contributed by atoms with E-state index in [1.54, 1.807) is 0 Å². The Morgan fingerprint density at radius 2 is 2.13 bits per heavy atom. The van der Waals surface area contributed by atoms with Crippen molar-refractivity contribution in [1.82, 2.24) is 14.8 Å². The Morgan fingerprint density at radius 3 is 2.73 bits per heavy atom. The second-order valence-corrected chi connectivity index (χ2v) is 3.20. The number of nitrogens with zero attached hydrogens (tertiary/aromatic N) is 4. The number of hydrogen-bond acceptors (Lipinski definition) is 5. The SMILES string of the molecule is O=[N+]([O-])c1ncn(CCCCCCO)n1. The van der Waals surface area contributed by atoms with Crippen molar-refractivity contribution < 1.29 is 10.0 Å². The highest BCUT2D eigenvalue weighted by atomic mass is 16.6. The first-order valence-electron chi connectivity index (χ1n) is 4.88. The number of aliphatic hydroxyl groups excluding tert-OH is 1. The zero-order valence-electron chi connectivity index (χ0n) is 8.37. The summed E-state index contributed by atoms with van der Waals surface area (Å²) in [4.78, 5) is 13.2. The fourth-order valence-corrected chi connectivity index (χ4v) is 1.22. The molecule has 7 heteroatoms. The van der Waals surface area contributed by atoms with E-state index in [0.717, 1.165) is 25.7 Å². The van der Waals surface area contributed by atoms with Crippen molar-refractivity contribution in [3.05, 3.63) is 16.4 Å². The average molecular weight is 214 g/mol. The lowest BCUT2D eigenvalue weighted by molar-refractivity contribution is -0.394. The lowest BCUT2D eigenvalue weighted by Crippen LogP contribution is -2.00. The van der Waals surface area contributed by atoms with Gasteiger partial charge in [0.1, 0.15) is 0 Å². The van der Waals surface area contributed by atoms with Crippen LogP contribution >= 0.6 is 0 Å². The van der Waals surface area contributed by atoms with E-state index in [-0.39, 0.29) is 12.6 Å². The predicted octanol–water partition coefficient (Wildman–Crippen LogP) is 0.739. The van der Waals surface area contributed by atoms with Gasteiger partial charge in [-0.2, -0.15) is 4.68 Å². The van der Waals surface area contributed by atoms with Gasteiger partial charge < -0.3 is 15.2 Å². The summed E-state index contributed by atoms with van der Waals surface area (Å²) in [6.07, 6.45) is 5.00. The molecule has 0 bridgehead atoms. The molecule has 84 valence electrons. The van der Waals surface area contributed by atoms with Crippen LogP contribution in [-0.2, 0) is 6.54 Å². The fourth-order valence-electron chi connectivity index (χ4n) is 1.22. The molecule has 0 aliphatic rings. The zero-order chi connectivity index (χ0) is 11.1. The topological polar surface area (TPSA) is 94.1 Å². The lowest BCUT2D eigenvalue weighted by Gasteiger charge is -1.97. The van der Waals surface area contributed by atoms with E-state index < -0.39 is 4.92 Å². The van der Waals surface area contributed by atoms with E-state index in [2.05, 4.69) is 10.1 Å². The van der Waals surface area contributed by atoms with E-state index in [1.807, 2.05) is 0 Å². The number of aliphatic hydroxyl groups is 1. The molecule has 0 unspecified atom stereocenters. The van der Waals surface area contributed by atoms with Crippen LogP contribution < -0.4 is 0 Å². The Balaban J connectivity index is 2.23. The highest BCUT2D eigenvalue weighted by Crippen LogP contribution is 2.03. The van der Waals surface area contributed by atoms with Crippen LogP contribution in [0.3, 0.4) is 0 Å². The molecule has 0 aliphatic heterocycles. The van der Waals surface area contributed by atoms with Gasteiger partial charge in [0.15, 0.2) is 0 Å². The monoisotopic (exact) mass is 214 g/mol. The van der Waals surface area contributed by atoms with E-state index >= 15 is 0 Å². The number of rotatable bonds is 7. The Labute approximate surface area is 86.9 Å². The summed E-state index contributed by atoms with van der Waals surface area (Å²) < 4.78 is 1.47. The van der Waals surface area contributed by atoms with Crippen LogP contribution in [0.25, 0.3) is 0 Å². The predicted molar refractivity (Wildman–Crippen MR) is 52.2 cm³/mol. The van der Waals surface area contributed by atoms with Crippen molar-refractivity contribution in [2.75, 3.05) is 6.61 Å². The molecule has 1 rings (SSSR count). The van der Waals surface area contributed by atoms with Crippen molar-refractivity contribution in [3.63, 3.8) is 0 Å². The Morgan fingerprint density at radius 1 is 1.40 bits per heavy atom. The van der Waals surface area contributed by atoms with E-state index in [1.165, 1.54) is 11.0 Å². The largest absolute Gasteiger partial charge is 0.490 e. The molecule has 1 N–H and O–H groups in total. The maximum absolute atomic E-state index is 10.3. The van der Waals surface area contributed by atoms with Gasteiger partial charge in [-0.15, -0.1) is 0 Å². The summed E-state index contributed by atoms with van der Waals surface area (Å²) in [6.45, 7) is 0.848.